The zero-order valence-electron chi connectivity index (χ0n) is 16.5. The SMILES string of the molecule is CN=C(NCc1nccn1C(F)F)NCC(C(C)C)N1CCCCCC1.I. The molecular weight excluding hydrogens is 465 g/mol. The Morgan fingerprint density at radius 1 is 1.19 bits per heavy atom. The fraction of sp³-hybridized carbons (Fsp3) is 0.778. The van der Waals surface area contributed by atoms with Crippen LogP contribution in [0.15, 0.2) is 17.4 Å². The Bertz CT molecular complexity index is 556. The Morgan fingerprint density at radius 2 is 1.85 bits per heavy atom. The van der Waals surface area contributed by atoms with Crippen molar-refractivity contribution in [1.82, 2.24) is 25.1 Å². The standard InChI is InChI=1S/C18H32F2N6.HI/c1-14(2)15(25-9-6-4-5-7-10-25)12-23-18(21-3)24-13-16-22-8-11-26(16)17(19)20;/h8,11,14-15,17H,4-7,9-10,12-13H2,1-3H3,(H2,21,23,24);1H. The summed E-state index contributed by atoms with van der Waals surface area (Å²) < 4.78 is 26.6. The fourth-order valence-electron chi connectivity index (χ4n) is 3.46. The van der Waals surface area contributed by atoms with Gasteiger partial charge in [0, 0.05) is 32.0 Å². The monoisotopic (exact) mass is 498 g/mol. The summed E-state index contributed by atoms with van der Waals surface area (Å²) in [6, 6.07) is 0.426. The molecule has 1 atom stereocenters. The van der Waals surface area contributed by atoms with Crippen LogP contribution in [0.2, 0.25) is 0 Å². The van der Waals surface area contributed by atoms with Gasteiger partial charge in [-0.2, -0.15) is 8.78 Å². The number of aromatic nitrogens is 2. The number of halogens is 3. The highest BCUT2D eigenvalue weighted by molar-refractivity contribution is 14.0. The van der Waals surface area contributed by atoms with Crippen molar-refractivity contribution in [3.8, 4) is 0 Å². The van der Waals surface area contributed by atoms with Gasteiger partial charge < -0.3 is 10.6 Å². The predicted octanol–water partition coefficient (Wildman–Crippen LogP) is 3.46. The van der Waals surface area contributed by atoms with Gasteiger partial charge in [-0.1, -0.05) is 26.7 Å². The Kier molecular flexibility index (Phi) is 11.1. The number of likely N-dealkylation sites (tertiary alicyclic amines) is 1. The number of hydrogen-bond donors (Lipinski definition) is 2. The van der Waals surface area contributed by atoms with Crippen molar-refractivity contribution in [2.75, 3.05) is 26.7 Å². The normalized spacial score (nSPS) is 17.5. The molecule has 0 bridgehead atoms. The Balaban J connectivity index is 0.00000364. The molecule has 0 spiro atoms. The highest BCUT2D eigenvalue weighted by Gasteiger charge is 2.23. The second-order valence-corrected chi connectivity index (χ2v) is 7.10. The molecule has 2 rings (SSSR count). The maximum absolute atomic E-state index is 12.9. The van der Waals surface area contributed by atoms with Crippen LogP contribution in [-0.2, 0) is 6.54 Å². The maximum Gasteiger partial charge on any atom is 0.319 e. The molecule has 1 fully saturated rings. The van der Waals surface area contributed by atoms with Crippen molar-refractivity contribution >= 4 is 29.9 Å². The van der Waals surface area contributed by atoms with Crippen molar-refractivity contribution in [2.24, 2.45) is 10.9 Å². The van der Waals surface area contributed by atoms with E-state index in [-0.39, 0.29) is 36.3 Å². The first kappa shape index (κ1) is 24.1. The number of guanidine groups is 1. The number of aliphatic imine (C=N–C) groups is 1. The molecule has 0 aliphatic carbocycles. The van der Waals surface area contributed by atoms with Crippen LogP contribution in [0.3, 0.4) is 0 Å². The molecule has 9 heteroatoms. The second-order valence-electron chi connectivity index (χ2n) is 7.10. The maximum atomic E-state index is 12.9. The number of rotatable bonds is 7. The summed E-state index contributed by atoms with van der Waals surface area (Å²) >= 11 is 0. The van der Waals surface area contributed by atoms with E-state index in [4.69, 9.17) is 0 Å². The molecule has 1 aromatic rings. The van der Waals surface area contributed by atoms with E-state index in [0.29, 0.717) is 17.9 Å². The van der Waals surface area contributed by atoms with E-state index < -0.39 is 6.55 Å². The first-order valence-electron chi connectivity index (χ1n) is 9.51. The summed E-state index contributed by atoms with van der Waals surface area (Å²) in [4.78, 5) is 10.8. The van der Waals surface area contributed by atoms with Crippen LogP contribution in [-0.4, -0.2) is 53.1 Å². The van der Waals surface area contributed by atoms with E-state index in [9.17, 15) is 8.78 Å². The van der Waals surface area contributed by atoms with Gasteiger partial charge in [-0.25, -0.2) is 4.98 Å². The van der Waals surface area contributed by atoms with Gasteiger partial charge in [0.05, 0.1) is 6.54 Å². The average molecular weight is 498 g/mol. The Morgan fingerprint density at radius 3 is 2.41 bits per heavy atom. The van der Waals surface area contributed by atoms with Gasteiger partial charge in [0.25, 0.3) is 0 Å². The molecule has 156 valence electrons. The van der Waals surface area contributed by atoms with E-state index in [1.54, 1.807) is 7.05 Å². The Hall–Kier alpha value is -0.970. The zero-order chi connectivity index (χ0) is 18.9. The second kappa shape index (κ2) is 12.5. The van der Waals surface area contributed by atoms with E-state index in [1.807, 2.05) is 0 Å². The van der Waals surface area contributed by atoms with E-state index in [0.717, 1.165) is 24.2 Å². The summed E-state index contributed by atoms with van der Waals surface area (Å²) in [5.41, 5.74) is 0. The topological polar surface area (TPSA) is 57.5 Å². The van der Waals surface area contributed by atoms with Crippen LogP contribution in [0.5, 0.6) is 0 Å². The smallest absolute Gasteiger partial charge is 0.319 e. The molecule has 1 unspecified atom stereocenters. The molecule has 27 heavy (non-hydrogen) atoms. The highest BCUT2D eigenvalue weighted by atomic mass is 127. The minimum Gasteiger partial charge on any atom is -0.355 e. The van der Waals surface area contributed by atoms with Crippen LogP contribution in [0.1, 0.15) is 51.9 Å². The summed E-state index contributed by atoms with van der Waals surface area (Å²) in [6.07, 6.45) is 7.81. The third-order valence-electron chi connectivity index (χ3n) is 4.95. The van der Waals surface area contributed by atoms with Crippen molar-refractivity contribution in [2.45, 2.75) is 58.7 Å². The van der Waals surface area contributed by atoms with Crippen LogP contribution >= 0.6 is 24.0 Å². The molecular formula is C18H33F2IN6. The number of alkyl halides is 2. The first-order chi connectivity index (χ1) is 12.5. The summed E-state index contributed by atoms with van der Waals surface area (Å²) in [6.45, 7) is 5.16. The minimum atomic E-state index is -2.59. The molecule has 1 aliphatic heterocycles. The van der Waals surface area contributed by atoms with E-state index in [1.165, 1.54) is 38.1 Å². The molecule has 2 heterocycles. The number of imidazole rings is 1. The molecule has 0 aromatic carbocycles. The highest BCUT2D eigenvalue weighted by Crippen LogP contribution is 2.17. The molecule has 0 amide bonds. The number of nitrogens with zero attached hydrogens (tertiary/aromatic N) is 4. The third-order valence-corrected chi connectivity index (χ3v) is 4.95. The zero-order valence-corrected chi connectivity index (χ0v) is 18.8. The lowest BCUT2D eigenvalue weighted by Gasteiger charge is -2.34. The third kappa shape index (κ3) is 7.52. The van der Waals surface area contributed by atoms with Gasteiger partial charge in [0.1, 0.15) is 5.82 Å². The summed E-state index contributed by atoms with van der Waals surface area (Å²) in [7, 11) is 1.69. The molecule has 0 saturated carbocycles. The van der Waals surface area contributed by atoms with Crippen molar-refractivity contribution in [3.63, 3.8) is 0 Å². The first-order valence-corrected chi connectivity index (χ1v) is 9.51. The van der Waals surface area contributed by atoms with Crippen LogP contribution in [0.4, 0.5) is 8.78 Å². The molecule has 2 N–H and O–H groups in total. The number of nitrogens with one attached hydrogen (secondary N) is 2. The summed E-state index contributed by atoms with van der Waals surface area (Å²) in [5, 5.41) is 6.43. The van der Waals surface area contributed by atoms with Gasteiger partial charge in [-0.3, -0.25) is 14.5 Å². The minimum absolute atomic E-state index is 0. The van der Waals surface area contributed by atoms with Crippen molar-refractivity contribution < 1.29 is 8.78 Å². The predicted molar refractivity (Wildman–Crippen MR) is 116 cm³/mol. The largest absolute Gasteiger partial charge is 0.355 e. The molecule has 6 nitrogen and oxygen atoms in total. The van der Waals surface area contributed by atoms with Crippen LogP contribution < -0.4 is 10.6 Å². The van der Waals surface area contributed by atoms with Crippen molar-refractivity contribution in [1.29, 1.82) is 0 Å². The van der Waals surface area contributed by atoms with Gasteiger partial charge in [0.2, 0.25) is 0 Å². The van der Waals surface area contributed by atoms with Gasteiger partial charge in [-0.05, 0) is 31.8 Å². The van der Waals surface area contributed by atoms with E-state index in [2.05, 4.69) is 39.4 Å². The fourth-order valence-corrected chi connectivity index (χ4v) is 3.46. The van der Waals surface area contributed by atoms with Gasteiger partial charge in [-0.15, -0.1) is 24.0 Å². The average Bonchev–Trinajstić information content (AvgIpc) is 2.93. The van der Waals surface area contributed by atoms with Crippen LogP contribution in [0, 0.1) is 5.92 Å². The molecule has 1 aromatic heterocycles. The van der Waals surface area contributed by atoms with Gasteiger partial charge in [0.15, 0.2) is 5.96 Å². The quantitative estimate of drug-likeness (QED) is 0.344. The van der Waals surface area contributed by atoms with E-state index >= 15 is 0 Å². The number of hydrogen-bond acceptors (Lipinski definition) is 3. The lowest BCUT2D eigenvalue weighted by molar-refractivity contribution is 0.0668. The summed E-state index contributed by atoms with van der Waals surface area (Å²) in [5.74, 6) is 1.42. The Labute approximate surface area is 178 Å². The lowest BCUT2D eigenvalue weighted by Crippen LogP contribution is -2.49. The molecule has 1 saturated heterocycles. The lowest BCUT2D eigenvalue weighted by atomic mass is 10.0. The molecule has 1 aliphatic rings. The van der Waals surface area contributed by atoms with Crippen LogP contribution in [0.25, 0.3) is 0 Å². The van der Waals surface area contributed by atoms with Gasteiger partial charge >= 0.3 is 6.55 Å². The van der Waals surface area contributed by atoms with Crippen molar-refractivity contribution in [3.05, 3.63) is 18.2 Å². The molecule has 0 radical (unpaired) electrons.